The van der Waals surface area contributed by atoms with Gasteiger partial charge in [0.25, 0.3) is 0 Å². The number of aromatic amines is 1. The highest BCUT2D eigenvalue weighted by molar-refractivity contribution is 6.00. The van der Waals surface area contributed by atoms with Crippen molar-refractivity contribution in [3.8, 4) is 28.3 Å². The van der Waals surface area contributed by atoms with Gasteiger partial charge in [-0.15, -0.1) is 0 Å². The number of nitrogens with zero attached hydrogens (tertiary/aromatic N) is 3. The topological polar surface area (TPSA) is 106 Å². The van der Waals surface area contributed by atoms with Crippen LogP contribution in [0.1, 0.15) is 6.92 Å². The quantitative estimate of drug-likeness (QED) is 0.444. The monoisotopic (exact) mass is 413 g/mol. The van der Waals surface area contributed by atoms with Crippen LogP contribution in [0.5, 0.6) is 5.75 Å². The highest BCUT2D eigenvalue weighted by Crippen LogP contribution is 2.37. The fourth-order valence-electron chi connectivity index (χ4n) is 3.64. The summed E-state index contributed by atoms with van der Waals surface area (Å²) in [5.74, 6) is 1.34. The largest absolute Gasteiger partial charge is 0.492 e. The minimum absolute atomic E-state index is 0.475. The number of fused-ring (bicyclic) bond motifs is 2. The molecule has 0 unspecified atom stereocenters. The summed E-state index contributed by atoms with van der Waals surface area (Å²) in [7, 11) is 1.81. The van der Waals surface area contributed by atoms with Crippen LogP contribution in [0.25, 0.3) is 44.5 Å². The Balaban J connectivity index is 1.80. The van der Waals surface area contributed by atoms with E-state index in [1.54, 1.807) is 18.5 Å². The summed E-state index contributed by atoms with van der Waals surface area (Å²) in [6.45, 7) is 2.40. The molecular formula is C23H19N5O3. The van der Waals surface area contributed by atoms with Crippen LogP contribution in [-0.2, 0) is 0 Å². The molecule has 0 aliphatic rings. The minimum Gasteiger partial charge on any atom is -0.492 e. The fraction of sp³-hybridized carbons (Fsp3) is 0.130. The summed E-state index contributed by atoms with van der Waals surface area (Å²) >= 11 is 0. The van der Waals surface area contributed by atoms with Gasteiger partial charge in [0.05, 0.1) is 12.1 Å². The number of hydrogen-bond acceptors (Lipinski definition) is 7. The Morgan fingerprint density at radius 1 is 1.13 bits per heavy atom. The molecule has 3 aromatic heterocycles. The number of para-hydroxylation sites is 1. The van der Waals surface area contributed by atoms with Crippen molar-refractivity contribution < 1.29 is 9.15 Å². The number of rotatable bonds is 5. The molecule has 0 amide bonds. The Morgan fingerprint density at radius 2 is 2.03 bits per heavy atom. The van der Waals surface area contributed by atoms with E-state index in [2.05, 4.69) is 15.3 Å². The number of hydrogen-bond donors (Lipinski definition) is 2. The van der Waals surface area contributed by atoms with Gasteiger partial charge in [0, 0.05) is 36.0 Å². The number of aromatic nitrogens is 4. The summed E-state index contributed by atoms with van der Waals surface area (Å²) < 4.78 is 11.3. The van der Waals surface area contributed by atoms with Crippen molar-refractivity contribution in [3.05, 3.63) is 65.4 Å². The number of benzene rings is 2. The molecule has 0 aliphatic heterocycles. The average Bonchev–Trinajstić information content (AvgIpc) is 3.19. The lowest BCUT2D eigenvalue weighted by Gasteiger charge is -2.14. The Kier molecular flexibility index (Phi) is 4.59. The van der Waals surface area contributed by atoms with Crippen LogP contribution in [0.15, 0.2) is 64.1 Å². The second-order valence-corrected chi connectivity index (χ2v) is 6.89. The van der Waals surface area contributed by atoms with E-state index >= 15 is 0 Å². The predicted octanol–water partition coefficient (Wildman–Crippen LogP) is 4.23. The van der Waals surface area contributed by atoms with Crippen LogP contribution in [0.3, 0.4) is 0 Å². The van der Waals surface area contributed by atoms with Crippen LogP contribution in [-0.4, -0.2) is 33.6 Å². The molecule has 8 nitrogen and oxygen atoms in total. The van der Waals surface area contributed by atoms with E-state index in [9.17, 15) is 4.79 Å². The van der Waals surface area contributed by atoms with E-state index in [0.717, 1.165) is 22.1 Å². The second-order valence-electron chi connectivity index (χ2n) is 6.89. The highest BCUT2D eigenvalue weighted by atomic mass is 16.5. The third-order valence-corrected chi connectivity index (χ3v) is 4.98. The van der Waals surface area contributed by atoms with Gasteiger partial charge in [0.1, 0.15) is 17.1 Å². The first-order valence-electron chi connectivity index (χ1n) is 9.87. The number of ether oxygens (including phenoxy) is 1. The molecule has 5 rings (SSSR count). The normalized spacial score (nSPS) is 11.2. The summed E-state index contributed by atoms with van der Waals surface area (Å²) in [5, 5.41) is 3.96. The van der Waals surface area contributed by atoms with Crippen LogP contribution in [0.4, 0.5) is 5.82 Å². The van der Waals surface area contributed by atoms with Gasteiger partial charge < -0.3 is 14.5 Å². The van der Waals surface area contributed by atoms with Gasteiger partial charge >= 0.3 is 5.76 Å². The van der Waals surface area contributed by atoms with E-state index in [1.165, 1.54) is 0 Å². The fourth-order valence-corrected chi connectivity index (χ4v) is 3.64. The molecular weight excluding hydrogens is 394 g/mol. The van der Waals surface area contributed by atoms with Gasteiger partial charge in [-0.3, -0.25) is 9.97 Å². The standard InChI is InChI=1S/C23H19N5O3/c1-3-30-18-11-14(15-7-4-8-17-20(15)31-23(29)26-17)10-16-19(18)27-21(28-22(16)24-2)13-6-5-9-25-12-13/h4-12H,3H2,1-2H3,(H,26,29)(H,24,27,28). The Morgan fingerprint density at radius 3 is 2.81 bits per heavy atom. The van der Waals surface area contributed by atoms with E-state index < -0.39 is 5.76 Å². The molecule has 2 aromatic carbocycles. The van der Waals surface area contributed by atoms with Crippen LogP contribution >= 0.6 is 0 Å². The molecule has 0 saturated carbocycles. The molecule has 0 radical (unpaired) electrons. The predicted molar refractivity (Wildman–Crippen MR) is 119 cm³/mol. The zero-order valence-electron chi connectivity index (χ0n) is 17.0. The first-order valence-corrected chi connectivity index (χ1v) is 9.87. The maximum absolute atomic E-state index is 11.7. The molecule has 3 heterocycles. The lowest BCUT2D eigenvalue weighted by Crippen LogP contribution is -2.02. The maximum Gasteiger partial charge on any atom is 0.417 e. The smallest absolute Gasteiger partial charge is 0.417 e. The lowest BCUT2D eigenvalue weighted by molar-refractivity contribution is 0.344. The van der Waals surface area contributed by atoms with Crippen molar-refractivity contribution in [2.45, 2.75) is 6.92 Å². The van der Waals surface area contributed by atoms with Crippen molar-refractivity contribution in [2.24, 2.45) is 0 Å². The van der Waals surface area contributed by atoms with Crippen molar-refractivity contribution in [2.75, 3.05) is 19.0 Å². The van der Waals surface area contributed by atoms with E-state index in [4.69, 9.17) is 19.1 Å². The number of anilines is 1. The Labute approximate surface area is 177 Å². The third-order valence-electron chi connectivity index (χ3n) is 4.98. The SMILES string of the molecule is CCOc1cc(-c2cccc3[nH]c(=O)oc23)cc2c(NC)nc(-c3cccnc3)nc12. The summed E-state index contributed by atoms with van der Waals surface area (Å²) in [4.78, 5) is 28.1. The zero-order valence-corrected chi connectivity index (χ0v) is 17.0. The Bertz CT molecular complexity index is 1460. The maximum atomic E-state index is 11.7. The van der Waals surface area contributed by atoms with Gasteiger partial charge in [-0.05, 0) is 42.8 Å². The van der Waals surface area contributed by atoms with Gasteiger partial charge in [-0.2, -0.15) is 0 Å². The third kappa shape index (κ3) is 3.28. The average molecular weight is 413 g/mol. The first kappa shape index (κ1) is 18.8. The molecule has 0 atom stereocenters. The first-order chi connectivity index (χ1) is 15.2. The molecule has 2 N–H and O–H groups in total. The zero-order chi connectivity index (χ0) is 21.4. The molecule has 154 valence electrons. The molecule has 0 spiro atoms. The number of pyridine rings is 1. The van der Waals surface area contributed by atoms with Crippen molar-refractivity contribution >= 4 is 27.8 Å². The van der Waals surface area contributed by atoms with Crippen molar-refractivity contribution in [1.82, 2.24) is 19.9 Å². The molecule has 5 aromatic rings. The summed E-state index contributed by atoms with van der Waals surface area (Å²) in [5.41, 5.74) is 4.24. The van der Waals surface area contributed by atoms with Gasteiger partial charge in [-0.1, -0.05) is 12.1 Å². The van der Waals surface area contributed by atoms with Crippen molar-refractivity contribution in [1.29, 1.82) is 0 Å². The molecule has 0 saturated heterocycles. The van der Waals surface area contributed by atoms with E-state index in [-0.39, 0.29) is 0 Å². The minimum atomic E-state index is -0.492. The van der Waals surface area contributed by atoms with Gasteiger partial charge in [0.15, 0.2) is 11.4 Å². The van der Waals surface area contributed by atoms with Crippen LogP contribution in [0.2, 0.25) is 0 Å². The lowest BCUT2D eigenvalue weighted by atomic mass is 10.0. The molecule has 31 heavy (non-hydrogen) atoms. The molecule has 0 bridgehead atoms. The highest BCUT2D eigenvalue weighted by Gasteiger charge is 2.17. The number of H-pyrrole nitrogens is 1. The van der Waals surface area contributed by atoms with Crippen LogP contribution in [0, 0.1) is 0 Å². The second kappa shape index (κ2) is 7.56. The summed E-state index contributed by atoms with van der Waals surface area (Å²) in [6, 6.07) is 13.2. The molecule has 8 heteroatoms. The number of oxazole rings is 1. The van der Waals surface area contributed by atoms with Crippen LogP contribution < -0.4 is 15.8 Å². The van der Waals surface area contributed by atoms with Crippen molar-refractivity contribution in [3.63, 3.8) is 0 Å². The Hall–Kier alpha value is -4.20. The van der Waals surface area contributed by atoms with E-state index in [1.807, 2.05) is 50.4 Å². The van der Waals surface area contributed by atoms with Gasteiger partial charge in [0.2, 0.25) is 0 Å². The van der Waals surface area contributed by atoms with E-state index in [0.29, 0.717) is 40.6 Å². The van der Waals surface area contributed by atoms with Gasteiger partial charge in [-0.25, -0.2) is 14.8 Å². The molecule has 0 fully saturated rings. The number of nitrogens with one attached hydrogen (secondary N) is 2. The summed E-state index contributed by atoms with van der Waals surface area (Å²) in [6.07, 6.45) is 3.44. The molecule has 0 aliphatic carbocycles.